The van der Waals surface area contributed by atoms with E-state index < -0.39 is 5.97 Å². The van der Waals surface area contributed by atoms with Crippen LogP contribution in [0.25, 0.3) is 10.9 Å². The van der Waals surface area contributed by atoms with E-state index in [1.54, 1.807) is 13.0 Å². The third-order valence-electron chi connectivity index (χ3n) is 2.79. The van der Waals surface area contributed by atoms with Gasteiger partial charge in [-0.3, -0.25) is 0 Å². The number of aliphatic carboxylic acids is 1. The normalized spacial score (nSPS) is 11.7. The van der Waals surface area contributed by atoms with E-state index in [2.05, 4.69) is 4.98 Å². The molecule has 0 fully saturated rings. The molecule has 0 spiro atoms. The molecule has 0 aliphatic rings. The molecule has 0 bridgehead atoms. The van der Waals surface area contributed by atoms with Crippen molar-refractivity contribution >= 4 is 40.1 Å². The van der Waals surface area contributed by atoms with Gasteiger partial charge in [0.1, 0.15) is 12.1 Å². The highest BCUT2D eigenvalue weighted by Crippen LogP contribution is 2.37. The molecule has 2 rings (SSSR count). The summed E-state index contributed by atoms with van der Waals surface area (Å²) in [6.07, 6.45) is 1.09. The predicted molar refractivity (Wildman–Crippen MR) is 83.4 cm³/mol. The van der Waals surface area contributed by atoms with E-state index in [0.717, 1.165) is 17.2 Å². The number of pyridine rings is 1. The van der Waals surface area contributed by atoms with Crippen molar-refractivity contribution < 1.29 is 14.6 Å². The van der Waals surface area contributed by atoms with Crippen LogP contribution in [0.3, 0.4) is 0 Å². The molecule has 1 heterocycles. The number of fused-ring (bicyclic) bond motifs is 1. The summed E-state index contributed by atoms with van der Waals surface area (Å²) in [6.45, 7) is 3.63. The fourth-order valence-corrected chi connectivity index (χ4v) is 2.44. The lowest BCUT2D eigenvalue weighted by atomic mass is 10.2. The quantitative estimate of drug-likeness (QED) is 0.853. The minimum Gasteiger partial charge on any atom is -0.485 e. The first-order chi connectivity index (χ1) is 9.88. The van der Waals surface area contributed by atoms with Gasteiger partial charge in [-0.05, 0) is 37.6 Å². The summed E-state index contributed by atoms with van der Waals surface area (Å²) in [4.78, 5) is 15.0. The Balaban J connectivity index is 2.43. The smallest absolute Gasteiger partial charge is 0.328 e. The second kappa shape index (κ2) is 6.33. The molecule has 1 aromatic carbocycles. The molecule has 2 aromatic rings. The Morgan fingerprint density at radius 2 is 2.10 bits per heavy atom. The summed E-state index contributed by atoms with van der Waals surface area (Å²) >= 11 is 12.3. The molecule has 0 radical (unpaired) electrons. The first kappa shape index (κ1) is 15.6. The Bertz CT molecular complexity index is 741. The summed E-state index contributed by atoms with van der Waals surface area (Å²) in [6, 6.07) is 5.29. The first-order valence-corrected chi connectivity index (χ1v) is 6.92. The lowest BCUT2D eigenvalue weighted by molar-refractivity contribution is -0.131. The third-order valence-corrected chi connectivity index (χ3v) is 3.38. The Morgan fingerprint density at radius 3 is 2.76 bits per heavy atom. The highest BCUT2D eigenvalue weighted by Gasteiger charge is 2.13. The van der Waals surface area contributed by atoms with E-state index in [9.17, 15) is 4.79 Å². The summed E-state index contributed by atoms with van der Waals surface area (Å²) in [7, 11) is 0. The third kappa shape index (κ3) is 3.65. The van der Waals surface area contributed by atoms with E-state index in [-0.39, 0.29) is 6.61 Å². The number of nitrogens with zero attached hydrogens (tertiary/aromatic N) is 1. The highest BCUT2D eigenvalue weighted by atomic mass is 35.5. The summed E-state index contributed by atoms with van der Waals surface area (Å²) in [5.41, 5.74) is 1.94. The van der Waals surface area contributed by atoms with Crippen LogP contribution < -0.4 is 4.74 Å². The number of aryl methyl sites for hydroxylation is 1. The van der Waals surface area contributed by atoms with Gasteiger partial charge in [-0.15, -0.1) is 0 Å². The fraction of sp³-hybridized carbons (Fsp3) is 0.200. The van der Waals surface area contributed by atoms with Gasteiger partial charge in [-0.1, -0.05) is 23.2 Å². The van der Waals surface area contributed by atoms with Crippen molar-refractivity contribution in [3.05, 3.63) is 45.6 Å². The molecule has 0 amide bonds. The van der Waals surface area contributed by atoms with Crippen LogP contribution in [0, 0.1) is 6.92 Å². The van der Waals surface area contributed by atoms with Crippen molar-refractivity contribution in [3.8, 4) is 5.75 Å². The van der Waals surface area contributed by atoms with E-state index in [1.165, 1.54) is 0 Å². The van der Waals surface area contributed by atoms with Crippen molar-refractivity contribution in [2.24, 2.45) is 0 Å². The molecule has 4 nitrogen and oxygen atoms in total. The van der Waals surface area contributed by atoms with Gasteiger partial charge in [0.25, 0.3) is 0 Å². The molecule has 0 aliphatic heterocycles. The highest BCUT2D eigenvalue weighted by molar-refractivity contribution is 6.39. The van der Waals surface area contributed by atoms with Crippen LogP contribution in [-0.2, 0) is 4.79 Å². The number of carboxylic acid groups (broad SMARTS) is 1. The molecule has 0 saturated carbocycles. The van der Waals surface area contributed by atoms with E-state index in [1.807, 2.05) is 19.1 Å². The van der Waals surface area contributed by atoms with E-state index in [0.29, 0.717) is 26.9 Å². The van der Waals surface area contributed by atoms with Crippen LogP contribution in [0.2, 0.25) is 10.0 Å². The molecule has 0 saturated heterocycles. The number of halogens is 2. The molecule has 21 heavy (non-hydrogen) atoms. The van der Waals surface area contributed by atoms with Crippen LogP contribution in [0.5, 0.6) is 5.75 Å². The maximum absolute atomic E-state index is 10.6. The lowest BCUT2D eigenvalue weighted by Gasteiger charge is -2.12. The maximum Gasteiger partial charge on any atom is 0.328 e. The average Bonchev–Trinajstić information content (AvgIpc) is 2.37. The van der Waals surface area contributed by atoms with Crippen LogP contribution >= 0.6 is 23.2 Å². The largest absolute Gasteiger partial charge is 0.485 e. The SMILES string of the molecule is CC(=CC(=O)O)COc1c(Cl)cc(Cl)c2ccc(C)nc12. The Morgan fingerprint density at radius 1 is 1.38 bits per heavy atom. The topological polar surface area (TPSA) is 59.4 Å². The monoisotopic (exact) mass is 325 g/mol. The van der Waals surface area contributed by atoms with Gasteiger partial charge in [0.2, 0.25) is 0 Å². The van der Waals surface area contributed by atoms with Crippen LogP contribution in [0.15, 0.2) is 29.8 Å². The van der Waals surface area contributed by atoms with Crippen molar-refractivity contribution in [1.82, 2.24) is 4.98 Å². The van der Waals surface area contributed by atoms with Gasteiger partial charge in [-0.2, -0.15) is 0 Å². The Kier molecular flexibility index (Phi) is 4.70. The molecule has 1 aromatic heterocycles. The van der Waals surface area contributed by atoms with E-state index >= 15 is 0 Å². The zero-order chi connectivity index (χ0) is 15.6. The minimum atomic E-state index is -1.02. The molecule has 1 N–H and O–H groups in total. The van der Waals surface area contributed by atoms with Crippen molar-refractivity contribution in [3.63, 3.8) is 0 Å². The molecular formula is C15H13Cl2NO3. The molecule has 0 aliphatic carbocycles. The number of benzene rings is 1. The Labute approximate surface area is 132 Å². The van der Waals surface area contributed by atoms with Gasteiger partial charge in [0.05, 0.1) is 10.0 Å². The van der Waals surface area contributed by atoms with Crippen LogP contribution in [-0.4, -0.2) is 22.7 Å². The predicted octanol–water partition coefficient (Wildman–Crippen LogP) is 4.26. The number of carbonyl (C=O) groups is 1. The number of aromatic nitrogens is 1. The average molecular weight is 326 g/mol. The molecule has 0 unspecified atom stereocenters. The molecule has 110 valence electrons. The zero-order valence-corrected chi connectivity index (χ0v) is 13.0. The first-order valence-electron chi connectivity index (χ1n) is 6.16. The van der Waals surface area contributed by atoms with Gasteiger partial charge < -0.3 is 9.84 Å². The number of hydrogen-bond acceptors (Lipinski definition) is 3. The molecule has 0 atom stereocenters. The number of rotatable bonds is 4. The summed E-state index contributed by atoms with van der Waals surface area (Å²) in [5.74, 6) is -0.616. The number of hydrogen-bond donors (Lipinski definition) is 1. The van der Waals surface area contributed by atoms with Gasteiger partial charge in [-0.25, -0.2) is 9.78 Å². The lowest BCUT2D eigenvalue weighted by Crippen LogP contribution is -2.03. The van der Waals surface area contributed by atoms with E-state index in [4.69, 9.17) is 33.0 Å². The Hall–Kier alpha value is -1.78. The number of ether oxygens (including phenoxy) is 1. The maximum atomic E-state index is 10.6. The standard InChI is InChI=1S/C15H13Cl2NO3/c1-8(5-13(19)20)7-21-15-12(17)6-11(16)10-4-3-9(2)18-14(10)15/h3-6H,7H2,1-2H3,(H,19,20). The number of carboxylic acids is 1. The minimum absolute atomic E-state index is 0.109. The van der Waals surface area contributed by atoms with Gasteiger partial charge >= 0.3 is 5.97 Å². The summed E-state index contributed by atoms with van der Waals surface area (Å²) < 4.78 is 5.64. The van der Waals surface area contributed by atoms with Crippen molar-refractivity contribution in [2.45, 2.75) is 13.8 Å². The van der Waals surface area contributed by atoms with Crippen molar-refractivity contribution in [1.29, 1.82) is 0 Å². The second-order valence-corrected chi connectivity index (χ2v) is 5.45. The van der Waals surface area contributed by atoms with Crippen LogP contribution in [0.1, 0.15) is 12.6 Å². The van der Waals surface area contributed by atoms with Gasteiger partial charge in [0, 0.05) is 17.2 Å². The van der Waals surface area contributed by atoms with Gasteiger partial charge in [0.15, 0.2) is 5.75 Å². The second-order valence-electron chi connectivity index (χ2n) is 4.64. The molecule has 6 heteroatoms. The fourth-order valence-electron chi connectivity index (χ4n) is 1.87. The van der Waals surface area contributed by atoms with Crippen molar-refractivity contribution in [2.75, 3.05) is 6.61 Å². The summed E-state index contributed by atoms with van der Waals surface area (Å²) in [5, 5.41) is 10.3. The zero-order valence-electron chi connectivity index (χ0n) is 11.5. The van der Waals surface area contributed by atoms with Crippen LogP contribution in [0.4, 0.5) is 0 Å². The molecular weight excluding hydrogens is 313 g/mol.